The van der Waals surface area contributed by atoms with Crippen molar-refractivity contribution < 1.29 is 0 Å². The van der Waals surface area contributed by atoms with Crippen LogP contribution in [-0.4, -0.2) is 18.8 Å². The minimum atomic E-state index is 0.463. The molecular weight excluding hydrogens is 298 g/mol. The van der Waals surface area contributed by atoms with Gasteiger partial charge in [-0.2, -0.15) is 0 Å². The Kier molecular flexibility index (Phi) is 6.16. The van der Waals surface area contributed by atoms with Crippen molar-refractivity contribution in [3.63, 3.8) is 0 Å². The van der Waals surface area contributed by atoms with Crippen molar-refractivity contribution in [3.05, 3.63) is 64.2 Å². The molecule has 0 radical (unpaired) electrons. The van der Waals surface area contributed by atoms with Gasteiger partial charge in [0.1, 0.15) is 0 Å². The molecule has 0 saturated carbocycles. The molecule has 0 bridgehead atoms. The minimum Gasteiger partial charge on any atom is -0.316 e. The SMILES string of the molecule is CNC(CSc1ccc(Cl)cc1)Cc1c(C)cccc1C. The van der Waals surface area contributed by atoms with Gasteiger partial charge in [0.05, 0.1) is 0 Å². The molecule has 0 aliphatic heterocycles. The molecule has 0 aliphatic carbocycles. The van der Waals surface area contributed by atoms with Gasteiger partial charge in [-0.3, -0.25) is 0 Å². The third-order valence-corrected chi connectivity index (χ3v) is 5.19. The van der Waals surface area contributed by atoms with E-state index in [-0.39, 0.29) is 0 Å². The number of hydrogen-bond acceptors (Lipinski definition) is 2. The fourth-order valence-electron chi connectivity index (χ4n) is 2.39. The summed E-state index contributed by atoms with van der Waals surface area (Å²) in [5.41, 5.74) is 4.23. The van der Waals surface area contributed by atoms with E-state index in [9.17, 15) is 0 Å². The number of hydrogen-bond donors (Lipinski definition) is 1. The van der Waals surface area contributed by atoms with Crippen LogP contribution in [0.5, 0.6) is 0 Å². The summed E-state index contributed by atoms with van der Waals surface area (Å²) in [6.07, 6.45) is 1.07. The lowest BCUT2D eigenvalue weighted by atomic mass is 9.97. The van der Waals surface area contributed by atoms with Crippen LogP contribution in [0.3, 0.4) is 0 Å². The van der Waals surface area contributed by atoms with E-state index in [4.69, 9.17) is 11.6 Å². The molecule has 0 aromatic heterocycles. The predicted molar refractivity (Wildman–Crippen MR) is 94.6 cm³/mol. The lowest BCUT2D eigenvalue weighted by Crippen LogP contribution is -2.30. The van der Waals surface area contributed by atoms with Crippen LogP contribution >= 0.6 is 23.4 Å². The number of nitrogens with one attached hydrogen (secondary N) is 1. The highest BCUT2D eigenvalue weighted by Gasteiger charge is 2.11. The molecule has 0 saturated heterocycles. The largest absolute Gasteiger partial charge is 0.316 e. The van der Waals surface area contributed by atoms with Gasteiger partial charge in [-0.1, -0.05) is 29.8 Å². The quantitative estimate of drug-likeness (QED) is 0.762. The van der Waals surface area contributed by atoms with Crippen molar-refractivity contribution in [2.24, 2.45) is 0 Å². The molecule has 0 fully saturated rings. The first kappa shape index (κ1) is 16.4. The van der Waals surface area contributed by atoms with Gasteiger partial charge >= 0.3 is 0 Å². The number of likely N-dealkylation sites (N-methyl/N-ethyl adjacent to an activating group) is 1. The second-order valence-electron chi connectivity index (χ2n) is 5.33. The zero-order valence-corrected chi connectivity index (χ0v) is 14.4. The van der Waals surface area contributed by atoms with E-state index in [1.54, 1.807) is 0 Å². The van der Waals surface area contributed by atoms with E-state index in [0.29, 0.717) is 6.04 Å². The van der Waals surface area contributed by atoms with Crippen molar-refractivity contribution >= 4 is 23.4 Å². The topological polar surface area (TPSA) is 12.0 Å². The average Bonchev–Trinajstić information content (AvgIpc) is 2.48. The van der Waals surface area contributed by atoms with Crippen LogP contribution in [0.2, 0.25) is 5.02 Å². The van der Waals surface area contributed by atoms with Gasteiger partial charge in [0.2, 0.25) is 0 Å². The standard InChI is InChI=1S/C18H22ClNS/c1-13-5-4-6-14(2)18(13)11-16(20-3)12-21-17-9-7-15(19)8-10-17/h4-10,16,20H,11-12H2,1-3H3. The molecule has 1 N–H and O–H groups in total. The maximum absolute atomic E-state index is 5.92. The maximum atomic E-state index is 5.92. The highest BCUT2D eigenvalue weighted by atomic mass is 35.5. The Morgan fingerprint density at radius 3 is 2.24 bits per heavy atom. The molecule has 0 aliphatic rings. The summed E-state index contributed by atoms with van der Waals surface area (Å²) >= 11 is 7.79. The van der Waals surface area contributed by atoms with Gasteiger partial charge in [0, 0.05) is 21.7 Å². The fraction of sp³-hybridized carbons (Fsp3) is 0.333. The Hall–Kier alpha value is -0.960. The van der Waals surface area contributed by atoms with Crippen LogP contribution in [-0.2, 0) is 6.42 Å². The number of rotatable bonds is 6. The minimum absolute atomic E-state index is 0.463. The number of benzene rings is 2. The predicted octanol–water partition coefficient (Wildman–Crippen LogP) is 4.88. The normalized spacial score (nSPS) is 12.4. The summed E-state index contributed by atoms with van der Waals surface area (Å²) in [5.74, 6) is 1.05. The number of aryl methyl sites for hydroxylation is 2. The van der Waals surface area contributed by atoms with Gasteiger partial charge in [-0.15, -0.1) is 11.8 Å². The van der Waals surface area contributed by atoms with E-state index < -0.39 is 0 Å². The Morgan fingerprint density at radius 2 is 1.67 bits per heavy atom. The first-order chi connectivity index (χ1) is 10.1. The van der Waals surface area contributed by atoms with Gasteiger partial charge in [0.25, 0.3) is 0 Å². The van der Waals surface area contributed by atoms with E-state index in [1.807, 2.05) is 30.9 Å². The first-order valence-corrected chi connectivity index (χ1v) is 8.57. The molecule has 2 rings (SSSR count). The summed E-state index contributed by atoms with van der Waals surface area (Å²) < 4.78 is 0. The highest BCUT2D eigenvalue weighted by molar-refractivity contribution is 7.99. The van der Waals surface area contributed by atoms with E-state index in [2.05, 4.69) is 49.5 Å². The van der Waals surface area contributed by atoms with E-state index >= 15 is 0 Å². The molecular formula is C18H22ClNS. The summed E-state index contributed by atoms with van der Waals surface area (Å²) in [7, 11) is 2.04. The smallest absolute Gasteiger partial charge is 0.0406 e. The first-order valence-electron chi connectivity index (χ1n) is 7.21. The molecule has 1 unspecified atom stereocenters. The summed E-state index contributed by atoms with van der Waals surface area (Å²) in [6.45, 7) is 4.39. The Balaban J connectivity index is 1.98. The number of thioether (sulfide) groups is 1. The van der Waals surface area contributed by atoms with Crippen LogP contribution in [0.25, 0.3) is 0 Å². The molecule has 112 valence electrons. The molecule has 0 spiro atoms. The monoisotopic (exact) mass is 319 g/mol. The molecule has 2 aromatic rings. The van der Waals surface area contributed by atoms with Gasteiger partial charge in [0.15, 0.2) is 0 Å². The number of halogens is 1. The lowest BCUT2D eigenvalue weighted by molar-refractivity contribution is 0.614. The molecule has 1 atom stereocenters. The maximum Gasteiger partial charge on any atom is 0.0406 e. The highest BCUT2D eigenvalue weighted by Crippen LogP contribution is 2.23. The van der Waals surface area contributed by atoms with E-state index in [0.717, 1.165) is 17.2 Å². The summed E-state index contributed by atoms with van der Waals surface area (Å²) in [6, 6.07) is 15.0. The van der Waals surface area contributed by atoms with Crippen LogP contribution in [0.15, 0.2) is 47.4 Å². The Morgan fingerprint density at radius 1 is 1.05 bits per heavy atom. The molecule has 0 amide bonds. The molecule has 2 aromatic carbocycles. The lowest BCUT2D eigenvalue weighted by Gasteiger charge is -2.19. The van der Waals surface area contributed by atoms with Crippen molar-refractivity contribution in [2.45, 2.75) is 31.2 Å². The zero-order valence-electron chi connectivity index (χ0n) is 12.8. The van der Waals surface area contributed by atoms with Crippen molar-refractivity contribution in [3.8, 4) is 0 Å². The van der Waals surface area contributed by atoms with Crippen molar-refractivity contribution in [2.75, 3.05) is 12.8 Å². The molecule has 1 nitrogen and oxygen atoms in total. The second kappa shape index (κ2) is 7.88. The van der Waals surface area contributed by atoms with Crippen LogP contribution in [0, 0.1) is 13.8 Å². The summed E-state index contributed by atoms with van der Waals surface area (Å²) in [5, 5.41) is 4.23. The molecule has 0 heterocycles. The molecule has 21 heavy (non-hydrogen) atoms. The second-order valence-corrected chi connectivity index (χ2v) is 6.85. The zero-order chi connectivity index (χ0) is 15.2. The summed E-state index contributed by atoms with van der Waals surface area (Å²) in [4.78, 5) is 1.26. The van der Waals surface area contributed by atoms with Gasteiger partial charge < -0.3 is 5.32 Å². The third kappa shape index (κ3) is 4.77. The van der Waals surface area contributed by atoms with Crippen LogP contribution in [0.4, 0.5) is 0 Å². The Labute approximate surface area is 137 Å². The van der Waals surface area contributed by atoms with Gasteiger partial charge in [-0.05, 0) is 68.3 Å². The molecule has 3 heteroatoms. The third-order valence-electron chi connectivity index (χ3n) is 3.77. The Bertz CT molecular complexity index is 560. The van der Waals surface area contributed by atoms with Gasteiger partial charge in [-0.25, -0.2) is 0 Å². The van der Waals surface area contributed by atoms with Crippen molar-refractivity contribution in [1.82, 2.24) is 5.32 Å². The van der Waals surface area contributed by atoms with Crippen LogP contribution in [0.1, 0.15) is 16.7 Å². The fourth-order valence-corrected chi connectivity index (χ4v) is 3.52. The van der Waals surface area contributed by atoms with E-state index in [1.165, 1.54) is 21.6 Å². The average molecular weight is 320 g/mol. The van der Waals surface area contributed by atoms with Crippen LogP contribution < -0.4 is 5.32 Å². The van der Waals surface area contributed by atoms with Crippen molar-refractivity contribution in [1.29, 1.82) is 0 Å².